The Labute approximate surface area is 104 Å². The van der Waals surface area contributed by atoms with Gasteiger partial charge in [-0.25, -0.2) is 0 Å². The first-order chi connectivity index (χ1) is 5.07. The van der Waals surface area contributed by atoms with E-state index in [1.807, 2.05) is 0 Å². The fourth-order valence-corrected chi connectivity index (χ4v) is 16.1. The summed E-state index contributed by atoms with van der Waals surface area (Å²) < 4.78 is -0.292. The zero-order valence-corrected chi connectivity index (χ0v) is 14.5. The van der Waals surface area contributed by atoms with Gasteiger partial charge in [-0.1, -0.05) is 0 Å². The minimum absolute atomic E-state index is 0.967. The SMILES string of the molecule is [I][Ge]([I])([I])[C@H]1C[C@H]2C=C[C@@H]1C2. The van der Waals surface area contributed by atoms with Crippen molar-refractivity contribution in [2.24, 2.45) is 11.8 Å². The average Bonchev–Trinajstić information content (AvgIpc) is 2.42. The van der Waals surface area contributed by atoms with Crippen LogP contribution in [0.5, 0.6) is 0 Å². The zero-order chi connectivity index (χ0) is 8.06. The minimum atomic E-state index is -1.40. The van der Waals surface area contributed by atoms with E-state index in [4.69, 9.17) is 0 Å². The van der Waals surface area contributed by atoms with Gasteiger partial charge in [0, 0.05) is 0 Å². The fraction of sp³-hybridized carbons (Fsp3) is 0.714. The first-order valence-electron chi connectivity index (χ1n) is 3.82. The maximum absolute atomic E-state index is 2.76. The molecule has 1 saturated carbocycles. The van der Waals surface area contributed by atoms with E-state index in [9.17, 15) is 0 Å². The number of fused-ring (bicyclic) bond motifs is 2. The molecule has 2 aliphatic rings. The van der Waals surface area contributed by atoms with Crippen molar-refractivity contribution in [2.45, 2.75) is 17.6 Å². The summed E-state index contributed by atoms with van der Waals surface area (Å²) in [6.07, 6.45) is 7.91. The average molecular weight is 546 g/mol. The molecule has 0 aromatic carbocycles. The second-order valence-corrected chi connectivity index (χ2v) is 66.0. The van der Waals surface area contributed by atoms with Crippen molar-refractivity contribution < 1.29 is 0 Å². The zero-order valence-electron chi connectivity index (χ0n) is 5.93. The third-order valence-electron chi connectivity index (χ3n) is 2.70. The molecule has 1 fully saturated rings. The van der Waals surface area contributed by atoms with Crippen LogP contribution in [0.4, 0.5) is 0 Å². The summed E-state index contributed by atoms with van der Waals surface area (Å²) in [5, 5.41) is 0. The summed E-state index contributed by atoms with van der Waals surface area (Å²) in [4.78, 5) is 0. The van der Waals surface area contributed by atoms with Crippen LogP contribution in [0.15, 0.2) is 12.2 Å². The molecule has 0 aromatic heterocycles. The van der Waals surface area contributed by atoms with Crippen LogP contribution in [-0.4, -0.2) is 3.34 Å². The van der Waals surface area contributed by atoms with Crippen molar-refractivity contribution in [1.29, 1.82) is 0 Å². The Hall–Kier alpha value is 2.47. The summed E-state index contributed by atoms with van der Waals surface area (Å²) in [5.41, 5.74) is 0. The van der Waals surface area contributed by atoms with Gasteiger partial charge in [-0.15, -0.1) is 0 Å². The van der Waals surface area contributed by atoms with E-state index in [0.29, 0.717) is 0 Å². The summed E-state index contributed by atoms with van der Waals surface area (Å²) in [6, 6.07) is 0. The van der Waals surface area contributed by atoms with Crippen molar-refractivity contribution in [1.82, 2.24) is 0 Å². The Balaban J connectivity index is 2.15. The molecule has 62 valence electrons. The number of hydrogen-bond acceptors (Lipinski definition) is 0. The van der Waals surface area contributed by atoms with E-state index in [1.165, 1.54) is 12.8 Å². The number of hydrogen-bond donors (Lipinski definition) is 0. The number of halogens is 3. The van der Waals surface area contributed by atoms with Crippen LogP contribution in [0.2, 0.25) is 4.75 Å². The van der Waals surface area contributed by atoms with E-state index in [2.05, 4.69) is 72.8 Å². The molecule has 11 heavy (non-hydrogen) atoms. The van der Waals surface area contributed by atoms with Gasteiger partial charge in [0.1, 0.15) is 0 Å². The standard InChI is InChI=1S/C7H9GeI3/c9-8(10,11)7-4-5-1-2-6(7)3-5/h1-2,5-7H,3-4H2/t5-,6+,7-/m0/s1. The Kier molecular flexibility index (Phi) is 3.24. The molecule has 0 amide bonds. The molecule has 0 saturated heterocycles. The van der Waals surface area contributed by atoms with Crippen LogP contribution in [0.25, 0.3) is 0 Å². The number of allylic oxidation sites excluding steroid dienone is 2. The molecular formula is C7H9GeI3. The van der Waals surface area contributed by atoms with Crippen LogP contribution >= 0.6 is 60.6 Å². The molecule has 0 aliphatic heterocycles. The molecule has 0 nitrogen and oxygen atoms in total. The monoisotopic (exact) mass is 548 g/mol. The van der Waals surface area contributed by atoms with Crippen molar-refractivity contribution >= 4 is 64.0 Å². The van der Waals surface area contributed by atoms with Crippen LogP contribution in [0, 0.1) is 11.8 Å². The first kappa shape index (κ1) is 10.0. The predicted octanol–water partition coefficient (Wildman–Crippen LogP) is 4.20. The van der Waals surface area contributed by atoms with Crippen molar-refractivity contribution in [3.63, 3.8) is 0 Å². The van der Waals surface area contributed by atoms with Crippen LogP contribution in [0.3, 0.4) is 0 Å². The third-order valence-corrected chi connectivity index (χ3v) is 18.3. The molecule has 0 radical (unpaired) electrons. The quantitative estimate of drug-likeness (QED) is 0.263. The van der Waals surface area contributed by atoms with E-state index in [1.54, 1.807) is 0 Å². The molecule has 0 N–H and O–H groups in total. The second kappa shape index (κ2) is 3.56. The van der Waals surface area contributed by atoms with Gasteiger partial charge in [-0.2, -0.15) is 0 Å². The van der Waals surface area contributed by atoms with Crippen LogP contribution in [0.1, 0.15) is 12.8 Å². The van der Waals surface area contributed by atoms with E-state index >= 15 is 0 Å². The summed E-state index contributed by atoms with van der Waals surface area (Å²) in [7, 11) is 0. The van der Waals surface area contributed by atoms with Gasteiger partial charge in [0.15, 0.2) is 0 Å². The molecule has 2 bridgehead atoms. The van der Waals surface area contributed by atoms with Crippen LogP contribution < -0.4 is 0 Å². The predicted molar refractivity (Wildman–Crippen MR) is 76.9 cm³/mol. The van der Waals surface area contributed by atoms with E-state index < -0.39 is 3.34 Å². The molecule has 0 heterocycles. The Morgan fingerprint density at radius 2 is 1.82 bits per heavy atom. The Morgan fingerprint density at radius 3 is 2.09 bits per heavy atom. The van der Waals surface area contributed by atoms with Gasteiger partial charge in [0.05, 0.1) is 0 Å². The molecule has 0 aromatic rings. The third kappa shape index (κ3) is 2.11. The first-order valence-corrected chi connectivity index (χ1v) is 24.2. The molecule has 0 unspecified atom stereocenters. The summed E-state index contributed by atoms with van der Waals surface area (Å²) >= 11 is 8.29. The van der Waals surface area contributed by atoms with Gasteiger partial charge < -0.3 is 0 Å². The van der Waals surface area contributed by atoms with Gasteiger partial charge >= 0.3 is 106 Å². The summed E-state index contributed by atoms with van der Waals surface area (Å²) in [6.45, 7) is 0. The Bertz CT molecular complexity index is 196. The summed E-state index contributed by atoms with van der Waals surface area (Å²) in [5.74, 6) is 1.94. The topological polar surface area (TPSA) is 0 Å². The molecule has 4 heteroatoms. The maximum atomic E-state index is 2.76. The fourth-order valence-electron chi connectivity index (χ4n) is 2.16. The molecule has 2 aliphatic carbocycles. The molecule has 2 rings (SSSR count). The number of rotatable bonds is 1. The van der Waals surface area contributed by atoms with Gasteiger partial charge in [0.2, 0.25) is 0 Å². The van der Waals surface area contributed by atoms with Crippen LogP contribution in [-0.2, 0) is 0 Å². The Morgan fingerprint density at radius 1 is 1.09 bits per heavy atom. The van der Waals surface area contributed by atoms with E-state index in [-0.39, 0.29) is 0 Å². The molecule has 0 spiro atoms. The van der Waals surface area contributed by atoms with Gasteiger partial charge in [-0.3, -0.25) is 0 Å². The van der Waals surface area contributed by atoms with Gasteiger partial charge in [0.25, 0.3) is 0 Å². The van der Waals surface area contributed by atoms with Crippen molar-refractivity contribution in [3.8, 4) is 0 Å². The second-order valence-electron chi connectivity index (χ2n) is 3.43. The molecule has 3 atom stereocenters. The van der Waals surface area contributed by atoms with Crippen molar-refractivity contribution in [2.75, 3.05) is 0 Å². The van der Waals surface area contributed by atoms with Gasteiger partial charge in [-0.05, 0) is 0 Å². The molecular weight excluding hydrogens is 537 g/mol. The van der Waals surface area contributed by atoms with E-state index in [0.717, 1.165) is 16.6 Å². The van der Waals surface area contributed by atoms with Crippen molar-refractivity contribution in [3.05, 3.63) is 12.2 Å². The normalized spacial score (nSPS) is 41.9.